The molecule has 1 heterocycles. The predicted molar refractivity (Wildman–Crippen MR) is 123 cm³/mol. The number of para-hydroxylation sites is 1. The molecule has 14 heteroatoms. The first-order valence-corrected chi connectivity index (χ1v) is 12.1. The molecule has 1 fully saturated rings. The fourth-order valence-corrected chi connectivity index (χ4v) is 6.43. The summed E-state index contributed by atoms with van der Waals surface area (Å²) in [7, 11) is -3.23. The molecule has 4 rings (SSSR count). The number of sulfonamides is 1. The van der Waals surface area contributed by atoms with Gasteiger partial charge in [-0.1, -0.05) is 52.1 Å². The molecule has 34 heavy (non-hydrogen) atoms. The summed E-state index contributed by atoms with van der Waals surface area (Å²) in [6.45, 7) is 0. The van der Waals surface area contributed by atoms with Gasteiger partial charge < -0.3 is 9.63 Å². The maximum absolute atomic E-state index is 13.4. The molecule has 3 aromatic rings. The lowest BCUT2D eigenvalue weighted by atomic mass is 10.0. The summed E-state index contributed by atoms with van der Waals surface area (Å²) in [5.41, 5.74) is -2.60. The van der Waals surface area contributed by atoms with Crippen molar-refractivity contribution in [2.45, 2.75) is 23.3 Å². The number of hydrogen-bond donors (Lipinski definition) is 1. The zero-order valence-electron chi connectivity index (χ0n) is 17.2. The molecule has 0 radical (unpaired) electrons. The molecule has 1 N–H and O–H groups in total. The number of aromatic nitrogens is 1. The van der Waals surface area contributed by atoms with Crippen LogP contribution >= 0.6 is 34.8 Å². The second-order valence-corrected chi connectivity index (χ2v) is 10.7. The summed E-state index contributed by atoms with van der Waals surface area (Å²) in [6.07, 6.45) is 0.390. The standard InChI is InChI=1S/C20H14Cl3N3O7S/c1-25(34(31,32)14-5-3-2-4-13(14)26(29)30)20(6-7-20)18-16(19(27)28)17(24-33-18)15-11(22)8-10(21)9-12(15)23/h2-5,8-9H,6-7H2,1H3,(H,27,28). The van der Waals surface area contributed by atoms with Crippen LogP contribution in [0.5, 0.6) is 0 Å². The van der Waals surface area contributed by atoms with Crippen molar-refractivity contribution in [1.82, 2.24) is 9.46 Å². The van der Waals surface area contributed by atoms with E-state index in [9.17, 15) is 28.4 Å². The van der Waals surface area contributed by atoms with Crippen LogP contribution in [0, 0.1) is 10.1 Å². The summed E-state index contributed by atoms with van der Waals surface area (Å²) in [5.74, 6) is -1.68. The molecular formula is C20H14Cl3N3O7S. The molecule has 10 nitrogen and oxygen atoms in total. The highest BCUT2D eigenvalue weighted by Crippen LogP contribution is 2.55. The smallest absolute Gasteiger partial charge is 0.341 e. The SMILES string of the molecule is CN(C1(c2onc(-c3c(Cl)cc(Cl)cc3Cl)c2C(=O)O)CC1)S(=O)(=O)c1ccccc1[N+](=O)[O-]. The molecule has 0 bridgehead atoms. The van der Waals surface area contributed by atoms with Crippen molar-refractivity contribution in [2.24, 2.45) is 0 Å². The van der Waals surface area contributed by atoms with Gasteiger partial charge in [-0.3, -0.25) is 10.1 Å². The fourth-order valence-electron chi connectivity index (χ4n) is 3.75. The fraction of sp³-hybridized carbons (Fsp3) is 0.200. The molecule has 2 aromatic carbocycles. The first-order valence-electron chi connectivity index (χ1n) is 9.52. The third-order valence-electron chi connectivity index (χ3n) is 5.60. The highest BCUT2D eigenvalue weighted by Gasteiger charge is 2.58. The Kier molecular flexibility index (Phi) is 6.11. The number of benzene rings is 2. The first-order chi connectivity index (χ1) is 15.9. The summed E-state index contributed by atoms with van der Waals surface area (Å²) >= 11 is 18.4. The van der Waals surface area contributed by atoms with E-state index < -0.39 is 42.6 Å². The van der Waals surface area contributed by atoms with Crippen LogP contribution in [0.25, 0.3) is 11.3 Å². The lowest BCUT2D eigenvalue weighted by Crippen LogP contribution is -2.38. The third kappa shape index (κ3) is 3.83. The number of nitrogens with zero attached hydrogens (tertiary/aromatic N) is 3. The second kappa shape index (κ2) is 8.51. The Morgan fingerprint density at radius 3 is 2.32 bits per heavy atom. The van der Waals surface area contributed by atoms with E-state index in [1.807, 2.05) is 0 Å². The molecule has 0 amide bonds. The van der Waals surface area contributed by atoms with Crippen LogP contribution in [0.1, 0.15) is 29.0 Å². The zero-order valence-corrected chi connectivity index (χ0v) is 20.2. The van der Waals surface area contributed by atoms with Gasteiger partial charge in [-0.25, -0.2) is 13.2 Å². The van der Waals surface area contributed by atoms with Crippen molar-refractivity contribution in [1.29, 1.82) is 0 Å². The molecular weight excluding hydrogens is 533 g/mol. The van der Waals surface area contributed by atoms with E-state index >= 15 is 0 Å². The summed E-state index contributed by atoms with van der Waals surface area (Å²) < 4.78 is 33.0. The van der Waals surface area contributed by atoms with E-state index in [4.69, 9.17) is 39.3 Å². The van der Waals surface area contributed by atoms with Gasteiger partial charge in [-0.05, 0) is 31.0 Å². The Labute approximate surface area is 207 Å². The second-order valence-electron chi connectivity index (χ2n) is 7.51. The quantitative estimate of drug-likeness (QED) is 0.314. The van der Waals surface area contributed by atoms with Crippen LogP contribution in [-0.2, 0) is 15.6 Å². The number of nitro groups is 1. The summed E-state index contributed by atoms with van der Waals surface area (Å²) in [4.78, 5) is 22.3. The van der Waals surface area contributed by atoms with Crippen molar-refractivity contribution < 1.29 is 27.8 Å². The number of carbonyl (C=O) groups is 1. The van der Waals surface area contributed by atoms with Crippen molar-refractivity contribution in [3.63, 3.8) is 0 Å². The summed E-state index contributed by atoms with van der Waals surface area (Å²) in [6, 6.07) is 7.57. The Hall–Kier alpha value is -2.70. The van der Waals surface area contributed by atoms with E-state index in [0.717, 1.165) is 16.4 Å². The van der Waals surface area contributed by atoms with Gasteiger partial charge in [0.25, 0.3) is 15.7 Å². The maximum Gasteiger partial charge on any atom is 0.341 e. The lowest BCUT2D eigenvalue weighted by Gasteiger charge is -2.25. The van der Waals surface area contributed by atoms with Gasteiger partial charge >= 0.3 is 5.97 Å². The number of rotatable bonds is 7. The normalized spacial score (nSPS) is 14.9. The monoisotopic (exact) mass is 545 g/mol. The van der Waals surface area contributed by atoms with Crippen LogP contribution in [0.4, 0.5) is 5.69 Å². The van der Waals surface area contributed by atoms with Crippen molar-refractivity contribution in [2.75, 3.05) is 7.05 Å². The van der Waals surface area contributed by atoms with Crippen LogP contribution in [0.15, 0.2) is 45.8 Å². The Morgan fingerprint density at radius 2 is 1.79 bits per heavy atom. The van der Waals surface area contributed by atoms with Crippen LogP contribution in [0.2, 0.25) is 15.1 Å². The first kappa shape index (κ1) is 24.4. The third-order valence-corrected chi connectivity index (χ3v) is 8.39. The van der Waals surface area contributed by atoms with Crippen molar-refractivity contribution >= 4 is 56.5 Å². The molecule has 0 atom stereocenters. The number of carboxylic acids is 1. The van der Waals surface area contributed by atoms with E-state index in [1.54, 1.807) is 0 Å². The van der Waals surface area contributed by atoms with E-state index in [1.165, 1.54) is 31.3 Å². The van der Waals surface area contributed by atoms with Gasteiger partial charge in [0.15, 0.2) is 10.7 Å². The summed E-state index contributed by atoms with van der Waals surface area (Å²) in [5, 5.41) is 25.5. The van der Waals surface area contributed by atoms with Crippen LogP contribution < -0.4 is 0 Å². The molecule has 1 saturated carbocycles. The average molecular weight is 547 g/mol. The average Bonchev–Trinajstić information content (AvgIpc) is 3.44. The highest BCUT2D eigenvalue weighted by molar-refractivity contribution is 7.89. The Balaban J connectivity index is 1.87. The van der Waals surface area contributed by atoms with Crippen molar-refractivity contribution in [3.05, 3.63) is 72.9 Å². The number of aromatic carboxylic acids is 1. The molecule has 1 aliphatic rings. The van der Waals surface area contributed by atoms with Gasteiger partial charge in [0, 0.05) is 23.7 Å². The van der Waals surface area contributed by atoms with Gasteiger partial charge in [0.1, 0.15) is 11.3 Å². The molecule has 1 aromatic heterocycles. The highest BCUT2D eigenvalue weighted by atomic mass is 35.5. The molecule has 0 saturated heterocycles. The molecule has 0 unspecified atom stereocenters. The zero-order chi connectivity index (χ0) is 25.0. The van der Waals surface area contributed by atoms with Crippen LogP contribution in [-0.4, -0.2) is 40.9 Å². The number of carboxylic acid groups (broad SMARTS) is 1. The molecule has 1 aliphatic carbocycles. The number of hydrogen-bond acceptors (Lipinski definition) is 7. The molecule has 0 aliphatic heterocycles. The van der Waals surface area contributed by atoms with E-state index in [0.29, 0.717) is 0 Å². The van der Waals surface area contributed by atoms with E-state index in [-0.39, 0.29) is 44.9 Å². The van der Waals surface area contributed by atoms with Crippen molar-refractivity contribution in [3.8, 4) is 11.3 Å². The minimum absolute atomic E-state index is 0.0191. The topological polar surface area (TPSA) is 144 Å². The van der Waals surface area contributed by atoms with Gasteiger partial charge in [0.2, 0.25) is 0 Å². The van der Waals surface area contributed by atoms with Gasteiger partial charge in [-0.2, -0.15) is 4.31 Å². The maximum atomic E-state index is 13.4. The minimum Gasteiger partial charge on any atom is -0.477 e. The largest absolute Gasteiger partial charge is 0.477 e. The minimum atomic E-state index is -4.44. The molecule has 178 valence electrons. The van der Waals surface area contributed by atoms with E-state index in [2.05, 4.69) is 5.16 Å². The predicted octanol–water partition coefficient (Wildman–Crippen LogP) is 5.22. The van der Waals surface area contributed by atoms with Gasteiger partial charge in [-0.15, -0.1) is 0 Å². The Morgan fingerprint density at radius 1 is 1.21 bits per heavy atom. The van der Waals surface area contributed by atoms with Gasteiger partial charge in [0.05, 0.1) is 20.5 Å². The number of nitro benzene ring substituents is 1. The Bertz CT molecular complexity index is 1430. The number of halogens is 3. The lowest BCUT2D eigenvalue weighted by molar-refractivity contribution is -0.387. The van der Waals surface area contributed by atoms with Crippen LogP contribution in [0.3, 0.4) is 0 Å². The molecule has 0 spiro atoms.